The van der Waals surface area contributed by atoms with Crippen molar-refractivity contribution < 1.29 is 39.6 Å². The van der Waals surface area contributed by atoms with Gasteiger partial charge in [-0.25, -0.2) is 4.79 Å². The molecule has 8 N–H and O–H groups in total. The number of primary amides is 1. The summed E-state index contributed by atoms with van der Waals surface area (Å²) in [6.45, 7) is 1.70. The number of hydrogen-bond acceptors (Lipinski definition) is 9. The van der Waals surface area contributed by atoms with Crippen molar-refractivity contribution in [2.24, 2.45) is 23.5 Å². The normalized spacial score (nSPS) is 27.2. The van der Waals surface area contributed by atoms with Crippen LogP contribution in [0.4, 0.5) is 16.2 Å². The summed E-state index contributed by atoms with van der Waals surface area (Å²) in [5.41, 5.74) is 4.99. The van der Waals surface area contributed by atoms with Gasteiger partial charge in [-0.05, 0) is 43.8 Å². The highest BCUT2D eigenvalue weighted by Crippen LogP contribution is 2.54. The zero-order valence-corrected chi connectivity index (χ0v) is 22.5. The highest BCUT2D eigenvalue weighted by atomic mass is 16.3. The Bertz CT molecular complexity index is 1550. The first-order valence-corrected chi connectivity index (χ1v) is 12.9. The number of ketones is 2. The first-order valence-electron chi connectivity index (χ1n) is 12.9. The second-order valence-corrected chi connectivity index (χ2v) is 10.8. The Kier molecular flexibility index (Phi) is 6.84. The van der Waals surface area contributed by atoms with E-state index in [-0.39, 0.29) is 16.8 Å². The number of phenolic OH excluding ortho intramolecular Hbond substituents is 1. The van der Waals surface area contributed by atoms with Crippen molar-refractivity contribution in [1.82, 2.24) is 4.90 Å². The zero-order valence-electron chi connectivity index (χ0n) is 22.5. The molecular formula is C29H30N4O8. The molecule has 12 heteroatoms. The van der Waals surface area contributed by atoms with Gasteiger partial charge in [0.05, 0.1) is 29.3 Å². The van der Waals surface area contributed by atoms with Crippen LogP contribution in [0.15, 0.2) is 65.1 Å². The molecule has 41 heavy (non-hydrogen) atoms. The molecule has 214 valence electrons. The van der Waals surface area contributed by atoms with Crippen molar-refractivity contribution in [2.45, 2.75) is 25.0 Å². The maximum absolute atomic E-state index is 13.9. The van der Waals surface area contributed by atoms with Crippen LogP contribution >= 0.6 is 0 Å². The quantitative estimate of drug-likeness (QED) is 0.215. The molecule has 0 saturated heterocycles. The number of fused-ring (bicyclic) bond motifs is 3. The summed E-state index contributed by atoms with van der Waals surface area (Å²) in [6, 6.07) is 9.80. The number of urea groups is 1. The van der Waals surface area contributed by atoms with E-state index in [1.54, 1.807) is 57.4 Å². The lowest BCUT2D eigenvalue weighted by Crippen LogP contribution is -2.59. The summed E-state index contributed by atoms with van der Waals surface area (Å²) in [4.78, 5) is 53.4. The summed E-state index contributed by atoms with van der Waals surface area (Å²) >= 11 is 0. The molecule has 3 unspecified atom stereocenters. The largest absolute Gasteiger partial charge is 0.511 e. The molecule has 0 aliphatic heterocycles. The van der Waals surface area contributed by atoms with E-state index < -0.39 is 82.2 Å². The third-order valence-corrected chi connectivity index (χ3v) is 8.27. The number of rotatable bonds is 4. The van der Waals surface area contributed by atoms with Gasteiger partial charge >= 0.3 is 6.03 Å². The number of hydrogen-bond donors (Lipinski definition) is 7. The van der Waals surface area contributed by atoms with Gasteiger partial charge in [0, 0.05) is 23.1 Å². The number of nitrogens with zero attached hydrogens (tertiary/aromatic N) is 1. The highest BCUT2D eigenvalue weighted by molar-refractivity contribution is 6.22. The lowest BCUT2D eigenvalue weighted by molar-refractivity contribution is -0.131. The summed E-state index contributed by atoms with van der Waals surface area (Å²) in [6.07, 6.45) is -1.41. The van der Waals surface area contributed by atoms with Gasteiger partial charge in [-0.1, -0.05) is 31.2 Å². The monoisotopic (exact) mass is 562 g/mol. The van der Waals surface area contributed by atoms with E-state index in [1.165, 1.54) is 11.0 Å². The fourth-order valence-electron chi connectivity index (χ4n) is 6.52. The second kappa shape index (κ2) is 10.1. The predicted molar refractivity (Wildman–Crippen MR) is 147 cm³/mol. The Morgan fingerprint density at radius 1 is 0.951 bits per heavy atom. The van der Waals surface area contributed by atoms with Crippen LogP contribution in [0.1, 0.15) is 28.8 Å². The molecule has 0 fully saturated rings. The van der Waals surface area contributed by atoms with Crippen molar-refractivity contribution in [1.29, 1.82) is 0 Å². The first kappa shape index (κ1) is 27.9. The smallest absolute Gasteiger partial charge is 0.323 e. The van der Waals surface area contributed by atoms with Crippen LogP contribution in [0.25, 0.3) is 0 Å². The lowest BCUT2D eigenvalue weighted by Gasteiger charge is -2.50. The number of aliphatic hydroxyl groups is 3. The van der Waals surface area contributed by atoms with E-state index in [1.807, 2.05) is 0 Å². The van der Waals surface area contributed by atoms with Crippen LogP contribution < -0.4 is 16.4 Å². The molecule has 12 nitrogen and oxygen atoms in total. The fraction of sp³-hybridized carbons (Fsp3) is 0.310. The first-order chi connectivity index (χ1) is 19.4. The van der Waals surface area contributed by atoms with Gasteiger partial charge < -0.3 is 36.8 Å². The maximum Gasteiger partial charge on any atom is 0.323 e. The number of aromatic hydroxyl groups is 1. The summed E-state index contributed by atoms with van der Waals surface area (Å²) in [5, 5.41) is 50.2. The number of para-hydroxylation sites is 1. The average molecular weight is 563 g/mol. The average Bonchev–Trinajstić information content (AvgIpc) is 2.90. The SMILES string of the molecule is C[C@H]1c2ccc(NC(=O)Nc3ccccc3)c(O)c2C(=O)C2=C(O)C3C(=O)C(C(N)=O)=C(O)[C@@H](N(C)C)C3[C@@H](O)C21. The van der Waals surface area contributed by atoms with E-state index in [4.69, 9.17) is 5.73 Å². The van der Waals surface area contributed by atoms with Gasteiger partial charge in [-0.3, -0.25) is 19.3 Å². The summed E-state index contributed by atoms with van der Waals surface area (Å²) < 4.78 is 0. The number of phenols is 1. The molecule has 2 aromatic rings. The molecule has 3 amide bonds. The number of benzene rings is 2. The van der Waals surface area contributed by atoms with Crippen LogP contribution in [0.5, 0.6) is 5.75 Å². The lowest BCUT2D eigenvalue weighted by atomic mass is 9.57. The Morgan fingerprint density at radius 2 is 1.61 bits per heavy atom. The van der Waals surface area contributed by atoms with Crippen LogP contribution in [0.3, 0.4) is 0 Å². The number of amides is 3. The molecule has 6 atom stereocenters. The Balaban J connectivity index is 1.59. The van der Waals surface area contributed by atoms with E-state index in [2.05, 4.69) is 10.6 Å². The third kappa shape index (κ3) is 4.23. The minimum absolute atomic E-state index is 0.0733. The van der Waals surface area contributed by atoms with Gasteiger partial charge in [0.1, 0.15) is 17.1 Å². The number of likely N-dealkylation sites (N-methyl/N-ethyl adjacent to an activating group) is 1. The van der Waals surface area contributed by atoms with Gasteiger partial charge in [-0.15, -0.1) is 0 Å². The van der Waals surface area contributed by atoms with Crippen molar-refractivity contribution in [3.63, 3.8) is 0 Å². The van der Waals surface area contributed by atoms with Crippen LogP contribution in [-0.4, -0.2) is 75.1 Å². The standard InChI is InChI=1S/C29H30N4O8/c1-11-13-9-10-14(32-29(41)31-12-7-5-4-6-8-12)22(34)16(13)24(36)18-15(11)23(35)17-19(25(18)37)26(38)20(28(30)40)27(39)21(17)33(2)3/h4-11,15,17,19,21,23,34-35,37,39H,1-3H3,(H2,30,40)(H2,31,32,41)/t11-,15?,17?,19?,21-,23-/m0/s1. The number of nitrogens with two attached hydrogens (primary N) is 1. The molecular weight excluding hydrogens is 532 g/mol. The van der Waals surface area contributed by atoms with Crippen LogP contribution in [0.2, 0.25) is 0 Å². The number of carbonyl (C=O) groups is 4. The van der Waals surface area contributed by atoms with Crippen LogP contribution in [0, 0.1) is 17.8 Å². The Hall–Kier alpha value is -4.68. The Labute approximate surface area is 234 Å². The number of Topliss-reactive ketones (excluding diaryl/α,β-unsaturated/α-hetero) is 2. The topological polar surface area (TPSA) is 203 Å². The number of anilines is 2. The zero-order chi connectivity index (χ0) is 29.9. The van der Waals surface area contributed by atoms with Gasteiger partial charge in [0.2, 0.25) is 0 Å². The highest BCUT2D eigenvalue weighted by Gasteiger charge is 2.59. The number of allylic oxidation sites excluding steroid dienone is 1. The maximum atomic E-state index is 13.9. The van der Waals surface area contributed by atoms with Crippen molar-refractivity contribution in [3.05, 3.63) is 76.3 Å². The minimum Gasteiger partial charge on any atom is -0.511 e. The Morgan fingerprint density at radius 3 is 2.22 bits per heavy atom. The number of aliphatic hydroxyl groups excluding tert-OH is 3. The molecule has 2 aromatic carbocycles. The number of nitrogens with one attached hydrogen (secondary N) is 2. The van der Waals surface area contributed by atoms with Crippen molar-refractivity contribution in [3.8, 4) is 5.75 Å². The molecule has 3 aliphatic carbocycles. The molecule has 5 rings (SSSR count). The molecule has 0 heterocycles. The molecule has 0 bridgehead atoms. The van der Waals surface area contributed by atoms with Gasteiger partial charge in [0.25, 0.3) is 5.91 Å². The third-order valence-electron chi connectivity index (χ3n) is 8.27. The molecule has 0 saturated carbocycles. The number of carbonyl (C=O) groups excluding carboxylic acids is 4. The minimum atomic E-state index is -1.54. The predicted octanol–water partition coefficient (Wildman–Crippen LogP) is 2.18. The molecule has 0 radical (unpaired) electrons. The van der Waals surface area contributed by atoms with Crippen LogP contribution in [-0.2, 0) is 9.59 Å². The second-order valence-electron chi connectivity index (χ2n) is 10.8. The molecule has 0 aromatic heterocycles. The molecule has 0 spiro atoms. The van der Waals surface area contributed by atoms with Gasteiger partial charge in [0.15, 0.2) is 17.3 Å². The molecule has 3 aliphatic rings. The summed E-state index contributed by atoms with van der Waals surface area (Å²) in [5.74, 6) is -9.17. The summed E-state index contributed by atoms with van der Waals surface area (Å²) in [7, 11) is 3.14. The van der Waals surface area contributed by atoms with Crippen molar-refractivity contribution in [2.75, 3.05) is 24.7 Å². The fourth-order valence-corrected chi connectivity index (χ4v) is 6.52. The van der Waals surface area contributed by atoms with E-state index >= 15 is 0 Å². The van der Waals surface area contributed by atoms with E-state index in [9.17, 15) is 39.6 Å². The van der Waals surface area contributed by atoms with Gasteiger partial charge in [-0.2, -0.15) is 0 Å². The van der Waals surface area contributed by atoms with E-state index in [0.717, 1.165) is 0 Å². The van der Waals surface area contributed by atoms with Crippen molar-refractivity contribution >= 4 is 34.9 Å². The van der Waals surface area contributed by atoms with E-state index in [0.29, 0.717) is 11.3 Å².